The molecule has 0 aliphatic heterocycles. The van der Waals surface area contributed by atoms with Gasteiger partial charge in [-0.3, -0.25) is 0 Å². The highest BCUT2D eigenvalue weighted by atomic mass is 16.6. The zero-order chi connectivity index (χ0) is 11.6. The third-order valence-electron chi connectivity index (χ3n) is 2.31. The molecule has 90 valence electrons. The largest absolute Gasteiger partial charge is 0.412 e. The first-order valence-electron chi connectivity index (χ1n) is 5.80. The second kappa shape index (κ2) is 7.93. The van der Waals surface area contributed by atoms with E-state index in [1.165, 1.54) is 6.42 Å². The van der Waals surface area contributed by atoms with Gasteiger partial charge in [-0.15, -0.1) is 0 Å². The lowest BCUT2D eigenvalue weighted by molar-refractivity contribution is 0.179. The minimum atomic E-state index is -0.383. The van der Waals surface area contributed by atoms with Crippen molar-refractivity contribution in [3.8, 4) is 0 Å². The number of carbonyl (C=O) groups excluding carboxylic acids is 1. The van der Waals surface area contributed by atoms with Crippen molar-refractivity contribution in [2.24, 2.45) is 0 Å². The number of allylic oxidation sites excluding steroid dienone is 3. The van der Waals surface area contributed by atoms with Crippen LogP contribution in [0.15, 0.2) is 24.0 Å². The van der Waals surface area contributed by atoms with Gasteiger partial charge in [0.25, 0.3) is 0 Å². The van der Waals surface area contributed by atoms with Crippen molar-refractivity contribution in [2.45, 2.75) is 25.7 Å². The molecule has 1 aliphatic rings. The summed E-state index contributed by atoms with van der Waals surface area (Å²) >= 11 is 0. The minimum Gasteiger partial charge on any atom is -0.411 e. The van der Waals surface area contributed by atoms with Gasteiger partial charge in [0.15, 0.2) is 0 Å². The summed E-state index contributed by atoms with van der Waals surface area (Å²) in [5.74, 6) is 0.654. The van der Waals surface area contributed by atoms with Gasteiger partial charge in [0.1, 0.15) is 5.76 Å². The molecule has 0 saturated heterocycles. The van der Waals surface area contributed by atoms with E-state index in [-0.39, 0.29) is 6.09 Å². The zero-order valence-electron chi connectivity index (χ0n) is 9.79. The fourth-order valence-corrected chi connectivity index (χ4v) is 1.43. The summed E-state index contributed by atoms with van der Waals surface area (Å²) in [6, 6.07) is 0. The van der Waals surface area contributed by atoms with Gasteiger partial charge in [0, 0.05) is 13.1 Å². The summed E-state index contributed by atoms with van der Waals surface area (Å²) in [4.78, 5) is 11.3. The van der Waals surface area contributed by atoms with E-state index >= 15 is 0 Å². The number of hydrogen-bond acceptors (Lipinski definition) is 3. The Morgan fingerprint density at radius 3 is 3.00 bits per heavy atom. The van der Waals surface area contributed by atoms with Crippen molar-refractivity contribution in [1.82, 2.24) is 10.6 Å². The number of carbonyl (C=O) groups is 1. The quantitative estimate of drug-likeness (QED) is 0.718. The molecular weight excluding hydrogens is 204 g/mol. The molecule has 0 heterocycles. The summed E-state index contributed by atoms with van der Waals surface area (Å²) in [7, 11) is 1.84. The van der Waals surface area contributed by atoms with E-state index in [0.717, 1.165) is 25.8 Å². The molecule has 0 saturated carbocycles. The summed E-state index contributed by atoms with van der Waals surface area (Å²) in [6.45, 7) is 1.32. The standard InChI is InChI=1S/C12H20N2O2/c1-13-9-10-14-12(15)16-11-7-5-3-2-4-6-8-11/h5,7-8,13H,2-4,6,9-10H2,1H3,(H,14,15). The SMILES string of the molecule is CNCCNC(=O)OC1=CCCCCC=C1. The van der Waals surface area contributed by atoms with Gasteiger partial charge in [-0.05, 0) is 44.9 Å². The molecule has 1 rings (SSSR count). The molecule has 1 aliphatic carbocycles. The topological polar surface area (TPSA) is 50.4 Å². The molecule has 0 unspecified atom stereocenters. The molecule has 0 fully saturated rings. The Hall–Kier alpha value is -1.29. The van der Waals surface area contributed by atoms with Gasteiger partial charge in [0.05, 0.1) is 0 Å². The first-order chi connectivity index (χ1) is 7.83. The third-order valence-corrected chi connectivity index (χ3v) is 2.31. The lowest BCUT2D eigenvalue weighted by Crippen LogP contribution is -2.30. The van der Waals surface area contributed by atoms with Crippen molar-refractivity contribution < 1.29 is 9.53 Å². The molecular formula is C12H20N2O2. The summed E-state index contributed by atoms with van der Waals surface area (Å²) < 4.78 is 5.17. The number of rotatable bonds is 4. The van der Waals surface area contributed by atoms with Crippen molar-refractivity contribution in [3.63, 3.8) is 0 Å². The van der Waals surface area contributed by atoms with Crippen LogP contribution in [0.5, 0.6) is 0 Å². The fraction of sp³-hybridized carbons (Fsp3) is 0.583. The van der Waals surface area contributed by atoms with E-state index in [4.69, 9.17) is 4.74 Å². The average Bonchev–Trinajstić information content (AvgIpc) is 2.22. The first kappa shape index (κ1) is 12.8. The maximum Gasteiger partial charge on any atom is 0.412 e. The lowest BCUT2D eigenvalue weighted by Gasteiger charge is -2.08. The molecule has 0 aromatic heterocycles. The van der Waals surface area contributed by atoms with Crippen LogP contribution in [0, 0.1) is 0 Å². The molecule has 4 nitrogen and oxygen atoms in total. The van der Waals surface area contributed by atoms with E-state index in [2.05, 4.69) is 10.6 Å². The summed E-state index contributed by atoms with van der Waals surface area (Å²) in [5.41, 5.74) is 0. The third kappa shape index (κ3) is 5.56. The highest BCUT2D eigenvalue weighted by molar-refractivity contribution is 5.68. The van der Waals surface area contributed by atoms with Gasteiger partial charge in [-0.1, -0.05) is 6.08 Å². The van der Waals surface area contributed by atoms with E-state index in [9.17, 15) is 4.79 Å². The number of likely N-dealkylation sites (N-methyl/N-ethyl adjacent to an activating group) is 1. The van der Waals surface area contributed by atoms with E-state index in [1.807, 2.05) is 25.3 Å². The lowest BCUT2D eigenvalue weighted by atomic mass is 10.1. The molecule has 16 heavy (non-hydrogen) atoms. The molecule has 0 spiro atoms. The van der Waals surface area contributed by atoms with Crippen LogP contribution in [0.25, 0.3) is 0 Å². The van der Waals surface area contributed by atoms with E-state index < -0.39 is 0 Å². The molecule has 0 atom stereocenters. The molecule has 1 amide bonds. The van der Waals surface area contributed by atoms with Gasteiger partial charge in [0.2, 0.25) is 0 Å². The summed E-state index contributed by atoms with van der Waals surface area (Å²) in [6.07, 6.45) is 9.89. The van der Waals surface area contributed by atoms with Gasteiger partial charge in [-0.2, -0.15) is 0 Å². The van der Waals surface area contributed by atoms with Crippen LogP contribution in [0.2, 0.25) is 0 Å². The van der Waals surface area contributed by atoms with Crippen LogP contribution in [0.3, 0.4) is 0 Å². The van der Waals surface area contributed by atoms with Gasteiger partial charge < -0.3 is 15.4 Å². The number of alkyl carbamates (subject to hydrolysis) is 1. The summed E-state index contributed by atoms with van der Waals surface area (Å²) in [5, 5.41) is 5.61. The van der Waals surface area contributed by atoms with Crippen LogP contribution in [0.1, 0.15) is 25.7 Å². The Kier molecular flexibility index (Phi) is 6.33. The molecule has 0 aromatic rings. The van der Waals surface area contributed by atoms with Crippen molar-refractivity contribution in [3.05, 3.63) is 24.0 Å². The predicted octanol–water partition coefficient (Wildman–Crippen LogP) is 1.95. The number of hydrogen-bond donors (Lipinski definition) is 2. The normalized spacial score (nSPS) is 15.9. The van der Waals surface area contributed by atoms with E-state index in [1.54, 1.807) is 0 Å². The fourth-order valence-electron chi connectivity index (χ4n) is 1.43. The smallest absolute Gasteiger partial charge is 0.411 e. The maximum absolute atomic E-state index is 11.3. The molecule has 0 radical (unpaired) electrons. The van der Waals surface area contributed by atoms with Crippen molar-refractivity contribution >= 4 is 6.09 Å². The minimum absolute atomic E-state index is 0.383. The highest BCUT2D eigenvalue weighted by Gasteiger charge is 2.04. The maximum atomic E-state index is 11.3. The second-order valence-electron chi connectivity index (χ2n) is 3.71. The van der Waals surface area contributed by atoms with Gasteiger partial charge >= 0.3 is 6.09 Å². The Bertz CT molecular complexity index is 272. The number of ether oxygens (including phenoxy) is 1. The Morgan fingerprint density at radius 2 is 2.19 bits per heavy atom. The molecule has 2 N–H and O–H groups in total. The van der Waals surface area contributed by atoms with E-state index in [0.29, 0.717) is 12.3 Å². The van der Waals surface area contributed by atoms with Crippen LogP contribution < -0.4 is 10.6 Å². The number of amides is 1. The Balaban J connectivity index is 2.30. The molecule has 0 aromatic carbocycles. The van der Waals surface area contributed by atoms with Crippen molar-refractivity contribution in [2.75, 3.05) is 20.1 Å². The first-order valence-corrected chi connectivity index (χ1v) is 5.80. The second-order valence-corrected chi connectivity index (χ2v) is 3.71. The van der Waals surface area contributed by atoms with Crippen LogP contribution in [0.4, 0.5) is 4.79 Å². The number of nitrogens with one attached hydrogen (secondary N) is 2. The highest BCUT2D eigenvalue weighted by Crippen LogP contribution is 2.11. The van der Waals surface area contributed by atoms with Crippen LogP contribution in [-0.4, -0.2) is 26.2 Å². The Morgan fingerprint density at radius 1 is 1.38 bits per heavy atom. The van der Waals surface area contributed by atoms with Gasteiger partial charge in [-0.25, -0.2) is 4.79 Å². The monoisotopic (exact) mass is 224 g/mol. The van der Waals surface area contributed by atoms with Crippen molar-refractivity contribution in [1.29, 1.82) is 0 Å². The predicted molar refractivity (Wildman–Crippen MR) is 64.1 cm³/mol. The molecule has 0 bridgehead atoms. The Labute approximate surface area is 96.7 Å². The average molecular weight is 224 g/mol. The zero-order valence-corrected chi connectivity index (χ0v) is 9.79. The van der Waals surface area contributed by atoms with Crippen LogP contribution >= 0.6 is 0 Å². The molecule has 4 heteroatoms. The van der Waals surface area contributed by atoms with Crippen LogP contribution in [-0.2, 0) is 4.74 Å².